The van der Waals surface area contributed by atoms with E-state index in [-0.39, 0.29) is 10.8 Å². The monoisotopic (exact) mass is 409 g/mol. The van der Waals surface area contributed by atoms with E-state index in [0.717, 1.165) is 16.5 Å². The van der Waals surface area contributed by atoms with Crippen LogP contribution in [-0.2, 0) is 14.8 Å². The van der Waals surface area contributed by atoms with E-state index in [9.17, 15) is 13.2 Å². The highest BCUT2D eigenvalue weighted by atomic mass is 32.2. The molecule has 4 rings (SSSR count). The Morgan fingerprint density at radius 3 is 2.69 bits per heavy atom. The molecule has 1 atom stereocenters. The fourth-order valence-electron chi connectivity index (χ4n) is 3.80. The van der Waals surface area contributed by atoms with E-state index in [1.807, 2.05) is 44.2 Å². The average molecular weight is 410 g/mol. The second-order valence-electron chi connectivity index (χ2n) is 7.34. The van der Waals surface area contributed by atoms with Crippen molar-refractivity contribution < 1.29 is 13.2 Å². The number of aromatic nitrogens is 1. The molecule has 1 aromatic heterocycles. The number of carbonyl (C=O) groups excluding carboxylic acids is 1. The summed E-state index contributed by atoms with van der Waals surface area (Å²) in [6, 6.07) is 13.7. The van der Waals surface area contributed by atoms with E-state index < -0.39 is 16.1 Å². The summed E-state index contributed by atoms with van der Waals surface area (Å²) in [5, 5.41) is 3.68. The molecule has 2 aromatic carbocycles. The Balaban J connectivity index is 1.67. The molecule has 1 fully saturated rings. The van der Waals surface area contributed by atoms with Crippen LogP contribution in [0.15, 0.2) is 59.6 Å². The van der Waals surface area contributed by atoms with Crippen molar-refractivity contribution in [2.24, 2.45) is 0 Å². The minimum atomic E-state index is -3.86. The van der Waals surface area contributed by atoms with Crippen molar-refractivity contribution in [1.29, 1.82) is 0 Å². The second-order valence-corrected chi connectivity index (χ2v) is 9.20. The lowest BCUT2D eigenvalue weighted by molar-refractivity contribution is -0.119. The molecule has 1 unspecified atom stereocenters. The van der Waals surface area contributed by atoms with E-state index in [1.165, 1.54) is 4.31 Å². The van der Waals surface area contributed by atoms with Gasteiger partial charge >= 0.3 is 0 Å². The number of sulfonamides is 1. The second kappa shape index (κ2) is 7.57. The van der Waals surface area contributed by atoms with Gasteiger partial charge in [-0.1, -0.05) is 30.3 Å². The van der Waals surface area contributed by atoms with Crippen LogP contribution in [0.3, 0.4) is 0 Å². The van der Waals surface area contributed by atoms with Crippen LogP contribution < -0.4 is 5.32 Å². The van der Waals surface area contributed by atoms with Crippen molar-refractivity contribution in [3.8, 4) is 0 Å². The number of anilines is 1. The molecule has 1 N–H and O–H groups in total. The Morgan fingerprint density at radius 2 is 1.86 bits per heavy atom. The lowest BCUT2D eigenvalue weighted by Crippen LogP contribution is -2.43. The molecule has 7 heteroatoms. The van der Waals surface area contributed by atoms with Crippen LogP contribution in [0.4, 0.5) is 5.69 Å². The zero-order valence-corrected chi connectivity index (χ0v) is 17.2. The van der Waals surface area contributed by atoms with Gasteiger partial charge in [-0.2, -0.15) is 4.31 Å². The van der Waals surface area contributed by atoms with Crippen LogP contribution >= 0.6 is 0 Å². The molecule has 0 spiro atoms. The number of rotatable bonds is 4. The van der Waals surface area contributed by atoms with Crippen LogP contribution in [0.2, 0.25) is 0 Å². The number of pyridine rings is 1. The maximum atomic E-state index is 13.4. The molecule has 3 aromatic rings. The van der Waals surface area contributed by atoms with Gasteiger partial charge in [0.15, 0.2) is 0 Å². The fourth-order valence-corrected chi connectivity index (χ4v) is 5.63. The number of nitrogens with zero attached hydrogens (tertiary/aromatic N) is 2. The molecule has 0 bridgehead atoms. The van der Waals surface area contributed by atoms with E-state index in [1.54, 1.807) is 24.4 Å². The number of hydrogen-bond acceptors (Lipinski definition) is 4. The van der Waals surface area contributed by atoms with Crippen molar-refractivity contribution >= 4 is 32.5 Å². The Kier molecular flexibility index (Phi) is 5.10. The van der Waals surface area contributed by atoms with Crippen molar-refractivity contribution in [1.82, 2.24) is 9.29 Å². The Bertz CT molecular complexity index is 1190. The standard InChI is InChI=1S/C22H23N3O3S/c1-15-7-3-10-18(16(15)2)24-22(26)19-11-6-14-25(19)29(27,28)20-12-4-8-17-9-5-13-23-21(17)20/h3-5,7-10,12-13,19H,6,11,14H2,1-2H3,(H,24,26). The molecule has 1 amide bonds. The van der Waals surface area contributed by atoms with Gasteiger partial charge in [-0.25, -0.2) is 8.42 Å². The third kappa shape index (κ3) is 3.52. The third-order valence-corrected chi connectivity index (χ3v) is 7.49. The Labute approximate surface area is 170 Å². The molecule has 1 aliphatic rings. The number of carbonyl (C=O) groups is 1. The molecule has 2 heterocycles. The number of amides is 1. The number of nitrogens with one attached hydrogen (secondary N) is 1. The summed E-state index contributed by atoms with van der Waals surface area (Å²) < 4.78 is 28.2. The number of benzene rings is 2. The van der Waals surface area contributed by atoms with Gasteiger partial charge in [-0.15, -0.1) is 0 Å². The minimum Gasteiger partial charge on any atom is -0.324 e. The molecular formula is C22H23N3O3S. The summed E-state index contributed by atoms with van der Waals surface area (Å²) in [5.74, 6) is -0.298. The lowest BCUT2D eigenvalue weighted by atomic mass is 10.1. The topological polar surface area (TPSA) is 79.4 Å². The van der Waals surface area contributed by atoms with Crippen LogP contribution in [0.1, 0.15) is 24.0 Å². The van der Waals surface area contributed by atoms with Gasteiger partial charge in [0.25, 0.3) is 0 Å². The molecule has 150 valence electrons. The van der Waals surface area contributed by atoms with Crippen molar-refractivity contribution in [3.63, 3.8) is 0 Å². The highest BCUT2D eigenvalue weighted by Crippen LogP contribution is 2.30. The van der Waals surface area contributed by atoms with Gasteiger partial charge in [0.05, 0.1) is 5.52 Å². The summed E-state index contributed by atoms with van der Waals surface area (Å²) in [4.78, 5) is 17.4. The summed E-state index contributed by atoms with van der Waals surface area (Å²) in [6.07, 6.45) is 2.71. The van der Waals surface area contributed by atoms with Crippen molar-refractivity contribution in [3.05, 3.63) is 65.9 Å². The summed E-state index contributed by atoms with van der Waals surface area (Å²) >= 11 is 0. The molecule has 0 saturated carbocycles. The number of para-hydroxylation sites is 1. The first-order valence-corrected chi connectivity index (χ1v) is 11.1. The fraction of sp³-hybridized carbons (Fsp3) is 0.273. The van der Waals surface area contributed by atoms with E-state index in [0.29, 0.717) is 30.6 Å². The SMILES string of the molecule is Cc1cccc(NC(=O)C2CCCN2S(=O)(=O)c2cccc3cccnc23)c1C. The molecule has 6 nitrogen and oxygen atoms in total. The van der Waals surface area contributed by atoms with Crippen LogP contribution in [0, 0.1) is 13.8 Å². The first-order chi connectivity index (χ1) is 13.9. The zero-order chi connectivity index (χ0) is 20.6. The maximum absolute atomic E-state index is 13.4. The van der Waals surface area contributed by atoms with E-state index in [4.69, 9.17) is 0 Å². The van der Waals surface area contributed by atoms with Crippen LogP contribution in [-0.4, -0.2) is 36.2 Å². The zero-order valence-electron chi connectivity index (χ0n) is 16.4. The Hall–Kier alpha value is -2.77. The van der Waals surface area contributed by atoms with Gasteiger partial charge in [0.2, 0.25) is 15.9 Å². The van der Waals surface area contributed by atoms with Gasteiger partial charge in [0, 0.05) is 23.8 Å². The first-order valence-electron chi connectivity index (χ1n) is 9.62. The van der Waals surface area contributed by atoms with Crippen LogP contribution in [0.25, 0.3) is 10.9 Å². The molecule has 0 aliphatic carbocycles. The quantitative estimate of drug-likeness (QED) is 0.713. The number of fused-ring (bicyclic) bond motifs is 1. The maximum Gasteiger partial charge on any atom is 0.245 e. The molecular weight excluding hydrogens is 386 g/mol. The Morgan fingerprint density at radius 1 is 1.10 bits per heavy atom. The highest BCUT2D eigenvalue weighted by Gasteiger charge is 2.40. The number of aryl methyl sites for hydroxylation is 1. The van der Waals surface area contributed by atoms with Gasteiger partial charge < -0.3 is 5.32 Å². The molecule has 0 radical (unpaired) electrons. The minimum absolute atomic E-state index is 0.141. The smallest absolute Gasteiger partial charge is 0.245 e. The highest BCUT2D eigenvalue weighted by molar-refractivity contribution is 7.89. The third-order valence-electron chi connectivity index (χ3n) is 5.55. The van der Waals surface area contributed by atoms with Gasteiger partial charge in [0.1, 0.15) is 10.9 Å². The predicted molar refractivity (Wildman–Crippen MR) is 113 cm³/mol. The van der Waals surface area contributed by atoms with E-state index >= 15 is 0 Å². The number of hydrogen-bond donors (Lipinski definition) is 1. The van der Waals surface area contributed by atoms with Crippen LogP contribution in [0.5, 0.6) is 0 Å². The summed E-state index contributed by atoms with van der Waals surface area (Å²) in [7, 11) is -3.86. The first kappa shape index (κ1) is 19.5. The largest absolute Gasteiger partial charge is 0.324 e. The predicted octanol–water partition coefficient (Wildman–Crippen LogP) is 3.64. The van der Waals surface area contributed by atoms with E-state index in [2.05, 4.69) is 10.3 Å². The molecule has 29 heavy (non-hydrogen) atoms. The van der Waals surface area contributed by atoms with Gasteiger partial charge in [-0.05, 0) is 56.0 Å². The van der Waals surface area contributed by atoms with Crippen molar-refractivity contribution in [2.75, 3.05) is 11.9 Å². The summed E-state index contributed by atoms with van der Waals surface area (Å²) in [6.45, 7) is 4.23. The lowest BCUT2D eigenvalue weighted by Gasteiger charge is -2.24. The van der Waals surface area contributed by atoms with Gasteiger partial charge in [-0.3, -0.25) is 9.78 Å². The normalized spacial score (nSPS) is 17.5. The van der Waals surface area contributed by atoms with Crippen molar-refractivity contribution in [2.45, 2.75) is 37.6 Å². The summed E-state index contributed by atoms with van der Waals surface area (Å²) in [5.41, 5.74) is 3.19. The molecule has 1 saturated heterocycles. The molecule has 1 aliphatic heterocycles. The average Bonchev–Trinajstić information content (AvgIpc) is 3.22.